The van der Waals surface area contributed by atoms with Crippen LogP contribution in [0.1, 0.15) is 37.8 Å². The number of carbonyl (C=O) groups is 1. The van der Waals surface area contributed by atoms with Gasteiger partial charge < -0.3 is 14.8 Å². The molecule has 0 spiro atoms. The summed E-state index contributed by atoms with van der Waals surface area (Å²) in [6, 6.07) is 14.0. The van der Waals surface area contributed by atoms with Crippen LogP contribution in [0.25, 0.3) is 0 Å². The van der Waals surface area contributed by atoms with Crippen LogP contribution in [0.2, 0.25) is 0 Å². The molecule has 0 bridgehead atoms. The normalized spacial score (nSPS) is 11.9. The van der Waals surface area contributed by atoms with Crippen molar-refractivity contribution < 1.29 is 14.3 Å². The molecule has 0 saturated carbocycles. The van der Waals surface area contributed by atoms with E-state index in [0.29, 0.717) is 23.1 Å². The van der Waals surface area contributed by atoms with Crippen LogP contribution < -0.4 is 14.8 Å². The Kier molecular flexibility index (Phi) is 8.84. The van der Waals surface area contributed by atoms with E-state index in [1.165, 1.54) is 34.2 Å². The second kappa shape index (κ2) is 11.6. The van der Waals surface area contributed by atoms with Crippen LogP contribution in [0.4, 0.5) is 5.69 Å². The first-order chi connectivity index (χ1) is 15.4. The third-order valence-electron chi connectivity index (χ3n) is 4.69. The number of rotatable bonds is 10. The number of benzene rings is 2. The second-order valence-electron chi connectivity index (χ2n) is 7.34. The number of hydrogen-bond donors (Lipinski definition) is 1. The largest absolute Gasteiger partial charge is 0.493 e. The average molecular weight is 490 g/mol. The fourth-order valence-corrected chi connectivity index (χ4v) is 5.93. The summed E-state index contributed by atoms with van der Waals surface area (Å²) < 4.78 is 12.2. The van der Waals surface area contributed by atoms with Crippen molar-refractivity contribution in [2.45, 2.75) is 46.4 Å². The summed E-state index contributed by atoms with van der Waals surface area (Å²) in [6.07, 6.45) is 0. The lowest BCUT2D eigenvalue weighted by Gasteiger charge is -2.13. The number of anilines is 1. The number of hydrogen-bond acceptors (Lipinski definition) is 8. The van der Waals surface area contributed by atoms with Crippen molar-refractivity contribution >= 4 is 46.5 Å². The van der Waals surface area contributed by atoms with Crippen LogP contribution >= 0.6 is 34.9 Å². The molecule has 0 aliphatic rings. The van der Waals surface area contributed by atoms with Gasteiger partial charge in [0, 0.05) is 17.5 Å². The molecule has 0 fully saturated rings. The zero-order valence-corrected chi connectivity index (χ0v) is 21.2. The Balaban J connectivity index is 1.52. The Bertz CT molecular complexity index is 1040. The number of nitrogens with one attached hydrogen (secondary N) is 1. The molecule has 3 rings (SSSR count). The first kappa shape index (κ1) is 24.4. The molecule has 3 aromatic rings. The molecule has 1 N–H and O–H groups in total. The molecule has 1 unspecified atom stereocenters. The van der Waals surface area contributed by atoms with Crippen LogP contribution in [-0.4, -0.2) is 35.6 Å². The Morgan fingerprint density at radius 1 is 1.00 bits per heavy atom. The molecule has 0 aliphatic carbocycles. The lowest BCUT2D eigenvalue weighted by atomic mass is 10.0. The van der Waals surface area contributed by atoms with E-state index in [1.807, 2.05) is 6.92 Å². The summed E-state index contributed by atoms with van der Waals surface area (Å²) in [5.41, 5.74) is 3.25. The molecule has 6 nitrogen and oxygen atoms in total. The van der Waals surface area contributed by atoms with Gasteiger partial charge >= 0.3 is 0 Å². The maximum atomic E-state index is 12.6. The highest BCUT2D eigenvalue weighted by Crippen LogP contribution is 2.34. The SMILES string of the molecule is COc1ccc(NC(=O)C(C)Sc2nnc(SCc3ccc(C(C)C)cc3)s2)cc1OC. The molecule has 2 aromatic carbocycles. The van der Waals surface area contributed by atoms with Crippen molar-refractivity contribution in [3.63, 3.8) is 0 Å². The van der Waals surface area contributed by atoms with Crippen LogP contribution in [-0.2, 0) is 10.5 Å². The topological polar surface area (TPSA) is 73.3 Å². The van der Waals surface area contributed by atoms with E-state index in [2.05, 4.69) is 53.6 Å². The van der Waals surface area contributed by atoms with Crippen molar-refractivity contribution in [1.82, 2.24) is 10.2 Å². The van der Waals surface area contributed by atoms with Crippen molar-refractivity contribution in [1.29, 1.82) is 0 Å². The van der Waals surface area contributed by atoms with E-state index >= 15 is 0 Å². The van der Waals surface area contributed by atoms with Gasteiger partial charge in [-0.25, -0.2) is 0 Å². The van der Waals surface area contributed by atoms with Crippen LogP contribution in [0.15, 0.2) is 51.1 Å². The lowest BCUT2D eigenvalue weighted by molar-refractivity contribution is -0.115. The molecule has 1 heterocycles. The highest BCUT2D eigenvalue weighted by atomic mass is 32.2. The first-order valence-corrected chi connectivity index (χ1v) is 12.8. The monoisotopic (exact) mass is 489 g/mol. The molecule has 170 valence electrons. The number of aromatic nitrogens is 2. The molecule has 32 heavy (non-hydrogen) atoms. The van der Waals surface area contributed by atoms with Gasteiger partial charge in [-0.15, -0.1) is 10.2 Å². The first-order valence-electron chi connectivity index (χ1n) is 10.1. The fraction of sp³-hybridized carbons (Fsp3) is 0.348. The van der Waals surface area contributed by atoms with Gasteiger partial charge in [-0.1, -0.05) is 73.0 Å². The van der Waals surface area contributed by atoms with Crippen LogP contribution in [0, 0.1) is 0 Å². The van der Waals surface area contributed by atoms with Crippen molar-refractivity contribution in [2.75, 3.05) is 19.5 Å². The summed E-state index contributed by atoms with van der Waals surface area (Å²) in [6.45, 7) is 6.24. The minimum Gasteiger partial charge on any atom is -0.493 e. The van der Waals surface area contributed by atoms with Crippen LogP contribution in [0.5, 0.6) is 11.5 Å². The minimum absolute atomic E-state index is 0.114. The summed E-state index contributed by atoms with van der Waals surface area (Å²) in [4.78, 5) is 12.6. The molecular formula is C23H27N3O3S3. The van der Waals surface area contributed by atoms with Crippen LogP contribution in [0.3, 0.4) is 0 Å². The van der Waals surface area contributed by atoms with Gasteiger partial charge in [0.2, 0.25) is 5.91 Å². The van der Waals surface area contributed by atoms with E-state index in [-0.39, 0.29) is 11.2 Å². The van der Waals surface area contributed by atoms with E-state index in [1.54, 1.807) is 44.2 Å². The number of ether oxygens (including phenoxy) is 2. The summed E-state index contributed by atoms with van der Waals surface area (Å²) >= 11 is 4.57. The Morgan fingerprint density at radius 2 is 1.69 bits per heavy atom. The molecule has 9 heteroatoms. The lowest BCUT2D eigenvalue weighted by Crippen LogP contribution is -2.22. The highest BCUT2D eigenvalue weighted by molar-refractivity contribution is 8.03. The molecule has 0 radical (unpaired) electrons. The third kappa shape index (κ3) is 6.63. The van der Waals surface area contributed by atoms with E-state index < -0.39 is 0 Å². The van der Waals surface area contributed by atoms with Crippen molar-refractivity contribution in [3.05, 3.63) is 53.6 Å². The second-order valence-corrected chi connectivity index (χ2v) is 11.1. The third-order valence-corrected chi connectivity index (χ3v) is 8.01. The Hall–Kier alpha value is -2.23. The number of carbonyl (C=O) groups excluding carboxylic acids is 1. The zero-order valence-electron chi connectivity index (χ0n) is 18.7. The number of thioether (sulfide) groups is 2. The van der Waals surface area contributed by atoms with Gasteiger partial charge in [-0.3, -0.25) is 4.79 Å². The van der Waals surface area contributed by atoms with Gasteiger partial charge in [0.05, 0.1) is 19.5 Å². The van der Waals surface area contributed by atoms with Gasteiger partial charge in [0.15, 0.2) is 20.2 Å². The summed E-state index contributed by atoms with van der Waals surface area (Å²) in [5, 5.41) is 11.1. The molecule has 0 aliphatic heterocycles. The Morgan fingerprint density at radius 3 is 2.34 bits per heavy atom. The number of amides is 1. The maximum absolute atomic E-state index is 12.6. The van der Waals surface area contributed by atoms with Gasteiger partial charge in [0.1, 0.15) is 0 Å². The standard InChI is InChI=1S/C23H27N3O3S3/c1-14(2)17-8-6-16(7-9-17)13-30-22-25-26-23(32-22)31-15(3)21(27)24-18-10-11-19(28-4)20(12-18)29-5/h6-12,14-15H,13H2,1-5H3,(H,24,27). The predicted octanol–water partition coefficient (Wildman–Crippen LogP) is 6.09. The highest BCUT2D eigenvalue weighted by Gasteiger charge is 2.18. The van der Waals surface area contributed by atoms with E-state index in [4.69, 9.17) is 9.47 Å². The molecule has 1 aromatic heterocycles. The fourth-order valence-electron chi connectivity index (χ4n) is 2.81. The number of nitrogens with zero attached hydrogens (tertiary/aromatic N) is 2. The number of methoxy groups -OCH3 is 2. The summed E-state index contributed by atoms with van der Waals surface area (Å²) in [5.74, 6) is 2.44. The predicted molar refractivity (Wildman–Crippen MR) is 133 cm³/mol. The molecule has 0 saturated heterocycles. The maximum Gasteiger partial charge on any atom is 0.237 e. The van der Waals surface area contributed by atoms with Crippen molar-refractivity contribution in [3.8, 4) is 11.5 Å². The molecule has 1 atom stereocenters. The Labute approximate surface area is 201 Å². The average Bonchev–Trinajstić information content (AvgIpc) is 3.25. The van der Waals surface area contributed by atoms with Gasteiger partial charge in [-0.05, 0) is 36.1 Å². The molecule has 1 amide bonds. The van der Waals surface area contributed by atoms with Crippen molar-refractivity contribution in [2.24, 2.45) is 0 Å². The zero-order chi connectivity index (χ0) is 23.1. The molecular weight excluding hydrogens is 462 g/mol. The van der Waals surface area contributed by atoms with Gasteiger partial charge in [-0.2, -0.15) is 0 Å². The quantitative estimate of drug-likeness (QED) is 0.345. The van der Waals surface area contributed by atoms with E-state index in [0.717, 1.165) is 14.4 Å². The van der Waals surface area contributed by atoms with Gasteiger partial charge in [0.25, 0.3) is 0 Å². The summed E-state index contributed by atoms with van der Waals surface area (Å²) in [7, 11) is 3.14. The smallest absolute Gasteiger partial charge is 0.237 e. The van der Waals surface area contributed by atoms with E-state index in [9.17, 15) is 4.79 Å². The minimum atomic E-state index is -0.322.